The zero-order valence-electron chi connectivity index (χ0n) is 10.5. The molecule has 0 radical (unpaired) electrons. The molecule has 0 saturated carbocycles. The quantitative estimate of drug-likeness (QED) is 0.785. The van der Waals surface area contributed by atoms with Crippen LogP contribution in [0, 0.1) is 0 Å². The molecule has 0 unspecified atom stereocenters. The van der Waals surface area contributed by atoms with Crippen LogP contribution in [-0.4, -0.2) is 23.9 Å². The first-order valence-electron chi connectivity index (χ1n) is 5.63. The topological polar surface area (TPSA) is 94.4 Å². The molecule has 0 atom stereocenters. The predicted octanol–water partition coefficient (Wildman–Crippen LogP) is 0.838. The first-order chi connectivity index (χ1) is 9.26. The van der Waals surface area contributed by atoms with Crippen LogP contribution in [0.25, 0.3) is 0 Å². The van der Waals surface area contributed by atoms with Crippen molar-refractivity contribution in [1.82, 2.24) is 4.98 Å². The smallest absolute Gasteiger partial charge is 0.466 e. The lowest BCUT2D eigenvalue weighted by Crippen LogP contribution is -2.24. The van der Waals surface area contributed by atoms with Gasteiger partial charge in [-0.25, -0.2) is 0 Å². The molecular formula is C11H13F3N2O4. The standard InChI is InChI=1S/C11H13F3N2O4/c1-2-19-8(17)4-6-3-7(5-15)9(18)16-10(6)20-11(12,13)14/h3H,2,4-5,15H2,1H3,(H,16,18). The second kappa shape index (κ2) is 6.42. The van der Waals surface area contributed by atoms with Crippen LogP contribution in [0.4, 0.5) is 13.2 Å². The number of rotatable bonds is 5. The Labute approximate surface area is 111 Å². The Kier molecular flexibility index (Phi) is 5.14. The van der Waals surface area contributed by atoms with Gasteiger partial charge in [-0.1, -0.05) is 0 Å². The van der Waals surface area contributed by atoms with Gasteiger partial charge in [-0.05, 0) is 13.0 Å². The molecule has 9 heteroatoms. The number of hydrogen-bond donors (Lipinski definition) is 2. The van der Waals surface area contributed by atoms with Crippen molar-refractivity contribution in [3.63, 3.8) is 0 Å². The van der Waals surface area contributed by atoms with E-state index in [-0.39, 0.29) is 24.3 Å². The summed E-state index contributed by atoms with van der Waals surface area (Å²) in [7, 11) is 0. The summed E-state index contributed by atoms with van der Waals surface area (Å²) in [4.78, 5) is 24.7. The second-order valence-corrected chi connectivity index (χ2v) is 3.71. The van der Waals surface area contributed by atoms with Crippen molar-refractivity contribution in [2.45, 2.75) is 26.3 Å². The molecule has 1 heterocycles. The highest BCUT2D eigenvalue weighted by Gasteiger charge is 2.33. The van der Waals surface area contributed by atoms with Crippen LogP contribution >= 0.6 is 0 Å². The van der Waals surface area contributed by atoms with E-state index in [9.17, 15) is 22.8 Å². The van der Waals surface area contributed by atoms with Crippen molar-refractivity contribution in [3.8, 4) is 5.88 Å². The molecule has 0 aliphatic heterocycles. The average Bonchev–Trinajstić information content (AvgIpc) is 2.30. The molecule has 0 amide bonds. The summed E-state index contributed by atoms with van der Waals surface area (Å²) in [6.07, 6.45) is -5.46. The van der Waals surface area contributed by atoms with Gasteiger partial charge in [0.05, 0.1) is 13.0 Å². The maximum Gasteiger partial charge on any atom is 0.574 e. The first kappa shape index (κ1) is 16.0. The molecule has 0 spiro atoms. The maximum atomic E-state index is 12.2. The summed E-state index contributed by atoms with van der Waals surface area (Å²) < 4.78 is 45.0. The Morgan fingerprint density at radius 2 is 2.05 bits per heavy atom. The van der Waals surface area contributed by atoms with E-state index in [1.165, 1.54) is 0 Å². The normalized spacial score (nSPS) is 11.2. The molecule has 1 rings (SSSR count). The Hall–Kier alpha value is -2.03. The van der Waals surface area contributed by atoms with Crippen LogP contribution in [0.1, 0.15) is 18.1 Å². The van der Waals surface area contributed by atoms with Gasteiger partial charge in [-0.3, -0.25) is 14.6 Å². The van der Waals surface area contributed by atoms with Gasteiger partial charge in [-0.2, -0.15) is 0 Å². The maximum absolute atomic E-state index is 12.2. The van der Waals surface area contributed by atoms with E-state index in [0.717, 1.165) is 6.07 Å². The van der Waals surface area contributed by atoms with Crippen molar-refractivity contribution in [3.05, 3.63) is 27.5 Å². The van der Waals surface area contributed by atoms with E-state index in [4.69, 9.17) is 5.73 Å². The van der Waals surface area contributed by atoms with Crippen molar-refractivity contribution >= 4 is 5.97 Å². The van der Waals surface area contributed by atoms with Gasteiger partial charge >= 0.3 is 12.3 Å². The molecule has 6 nitrogen and oxygen atoms in total. The van der Waals surface area contributed by atoms with Gasteiger partial charge in [0, 0.05) is 17.7 Å². The van der Waals surface area contributed by atoms with Gasteiger partial charge in [0.15, 0.2) is 0 Å². The van der Waals surface area contributed by atoms with Crippen LogP contribution in [-0.2, 0) is 22.5 Å². The van der Waals surface area contributed by atoms with E-state index in [2.05, 4.69) is 9.47 Å². The van der Waals surface area contributed by atoms with E-state index >= 15 is 0 Å². The number of aromatic nitrogens is 1. The third-order valence-corrected chi connectivity index (χ3v) is 2.24. The number of nitrogens with two attached hydrogens (primary N) is 1. The minimum atomic E-state index is -4.99. The van der Waals surface area contributed by atoms with Crippen LogP contribution in [0.3, 0.4) is 0 Å². The van der Waals surface area contributed by atoms with Gasteiger partial charge in [0.2, 0.25) is 5.88 Å². The lowest BCUT2D eigenvalue weighted by atomic mass is 10.1. The molecule has 112 valence electrons. The van der Waals surface area contributed by atoms with Gasteiger partial charge in [0.1, 0.15) is 0 Å². The summed E-state index contributed by atoms with van der Waals surface area (Å²) in [5.41, 5.74) is 4.37. The van der Waals surface area contributed by atoms with Crippen LogP contribution in [0.5, 0.6) is 5.88 Å². The predicted molar refractivity (Wildman–Crippen MR) is 62.0 cm³/mol. The third-order valence-electron chi connectivity index (χ3n) is 2.24. The van der Waals surface area contributed by atoms with Crippen LogP contribution in [0.15, 0.2) is 10.9 Å². The van der Waals surface area contributed by atoms with E-state index < -0.39 is 30.2 Å². The Morgan fingerprint density at radius 3 is 2.55 bits per heavy atom. The third kappa shape index (κ3) is 4.57. The lowest BCUT2D eigenvalue weighted by molar-refractivity contribution is -0.276. The summed E-state index contributed by atoms with van der Waals surface area (Å²) >= 11 is 0. The molecular weight excluding hydrogens is 281 g/mol. The summed E-state index contributed by atoms with van der Waals surface area (Å²) in [5, 5.41) is 0. The zero-order valence-corrected chi connectivity index (χ0v) is 10.5. The van der Waals surface area contributed by atoms with Crippen LogP contribution in [0.2, 0.25) is 0 Å². The minimum Gasteiger partial charge on any atom is -0.466 e. The number of carbonyl (C=O) groups is 1. The van der Waals surface area contributed by atoms with Gasteiger partial charge in [-0.15, -0.1) is 13.2 Å². The zero-order chi connectivity index (χ0) is 15.3. The minimum absolute atomic E-state index is 0.0406. The molecule has 0 bridgehead atoms. The van der Waals surface area contributed by atoms with Crippen molar-refractivity contribution in [2.75, 3.05) is 6.61 Å². The van der Waals surface area contributed by atoms with Crippen LogP contribution < -0.4 is 16.0 Å². The second-order valence-electron chi connectivity index (χ2n) is 3.71. The highest BCUT2D eigenvalue weighted by atomic mass is 19.4. The molecule has 0 fully saturated rings. The fraction of sp³-hybridized carbons (Fsp3) is 0.455. The number of pyridine rings is 1. The van der Waals surface area contributed by atoms with Crippen molar-refractivity contribution in [1.29, 1.82) is 0 Å². The highest BCUT2D eigenvalue weighted by Crippen LogP contribution is 2.24. The van der Waals surface area contributed by atoms with Crippen molar-refractivity contribution in [2.24, 2.45) is 5.73 Å². The molecule has 3 N–H and O–H groups in total. The first-order valence-corrected chi connectivity index (χ1v) is 5.63. The number of nitrogens with one attached hydrogen (secondary N) is 1. The number of esters is 1. The summed E-state index contributed by atoms with van der Waals surface area (Å²) in [6.45, 7) is 1.46. The number of carbonyl (C=O) groups excluding carboxylic acids is 1. The molecule has 0 aliphatic carbocycles. The monoisotopic (exact) mass is 294 g/mol. The Bertz CT molecular complexity index is 539. The number of aromatic amines is 1. The molecule has 20 heavy (non-hydrogen) atoms. The molecule has 0 saturated heterocycles. The van der Waals surface area contributed by atoms with Gasteiger partial charge < -0.3 is 15.2 Å². The van der Waals surface area contributed by atoms with Crippen molar-refractivity contribution < 1.29 is 27.4 Å². The number of H-pyrrole nitrogens is 1. The number of ether oxygens (including phenoxy) is 2. The van der Waals surface area contributed by atoms with E-state index in [0.29, 0.717) is 0 Å². The van der Waals surface area contributed by atoms with Gasteiger partial charge in [0.25, 0.3) is 5.56 Å². The summed E-state index contributed by atoms with van der Waals surface area (Å²) in [6, 6.07) is 1.09. The lowest BCUT2D eigenvalue weighted by Gasteiger charge is -2.13. The SMILES string of the molecule is CCOC(=O)Cc1cc(CN)c(=O)[nH]c1OC(F)(F)F. The number of hydrogen-bond acceptors (Lipinski definition) is 5. The molecule has 0 aromatic carbocycles. The Balaban J connectivity index is 3.16. The average molecular weight is 294 g/mol. The number of alkyl halides is 3. The Morgan fingerprint density at radius 1 is 1.40 bits per heavy atom. The highest BCUT2D eigenvalue weighted by molar-refractivity contribution is 5.73. The van der Waals surface area contributed by atoms with E-state index in [1.54, 1.807) is 6.92 Å². The fourth-order valence-electron chi connectivity index (χ4n) is 1.46. The molecule has 0 aliphatic rings. The largest absolute Gasteiger partial charge is 0.574 e. The fourth-order valence-corrected chi connectivity index (χ4v) is 1.46. The number of halogens is 3. The molecule has 1 aromatic rings. The molecule has 1 aromatic heterocycles. The summed E-state index contributed by atoms with van der Waals surface area (Å²) in [5.74, 6) is -1.58. The van der Waals surface area contributed by atoms with E-state index in [1.807, 2.05) is 4.98 Å².